The molecule has 0 spiro atoms. The predicted octanol–water partition coefficient (Wildman–Crippen LogP) is 8.67. The maximum absolute atomic E-state index is 6.20. The van der Waals surface area contributed by atoms with Crippen LogP contribution in [0.3, 0.4) is 0 Å². The van der Waals surface area contributed by atoms with Crippen LogP contribution in [0.5, 0.6) is 0 Å². The molecule has 0 N–H and O–H groups in total. The Balaban J connectivity index is 1.20. The minimum Gasteiger partial charge on any atom is -0.456 e. The molecule has 9 rings (SSSR count). The summed E-state index contributed by atoms with van der Waals surface area (Å²) in [5.74, 6) is 2.24. The van der Waals surface area contributed by atoms with Crippen molar-refractivity contribution in [2.75, 3.05) is 0 Å². The summed E-state index contributed by atoms with van der Waals surface area (Å²) < 4.78 is 6.20. The zero-order valence-corrected chi connectivity index (χ0v) is 24.4. The molecule has 0 fully saturated rings. The summed E-state index contributed by atoms with van der Waals surface area (Å²) in [5, 5.41) is 7.03. The first-order valence-corrected chi connectivity index (χ1v) is 15.3. The molecular formula is C41H27N3O. The van der Waals surface area contributed by atoms with Crippen molar-refractivity contribution >= 4 is 44.9 Å². The van der Waals surface area contributed by atoms with E-state index < -0.39 is 0 Å². The molecule has 4 heteroatoms. The van der Waals surface area contributed by atoms with E-state index in [-0.39, 0.29) is 0 Å². The number of aromatic nitrogens is 3. The van der Waals surface area contributed by atoms with E-state index in [9.17, 15) is 0 Å². The predicted molar refractivity (Wildman–Crippen MR) is 183 cm³/mol. The fourth-order valence-electron chi connectivity index (χ4n) is 6.56. The monoisotopic (exact) mass is 577 g/mol. The molecule has 0 saturated heterocycles. The lowest BCUT2D eigenvalue weighted by Gasteiger charge is -2.16. The number of fused-ring (bicyclic) bond motifs is 5. The van der Waals surface area contributed by atoms with Crippen molar-refractivity contribution < 1.29 is 4.42 Å². The number of benzene rings is 6. The minimum absolute atomic E-state index is 0.340. The third-order valence-corrected chi connectivity index (χ3v) is 8.83. The topological polar surface area (TPSA) is 51.8 Å². The molecule has 1 unspecified atom stereocenters. The molecule has 2 heterocycles. The van der Waals surface area contributed by atoms with Crippen molar-refractivity contribution in [1.29, 1.82) is 0 Å². The van der Waals surface area contributed by atoms with Gasteiger partial charge in [0, 0.05) is 33.4 Å². The summed E-state index contributed by atoms with van der Waals surface area (Å²) >= 11 is 0. The molecule has 1 aliphatic carbocycles. The molecule has 1 aliphatic rings. The molecule has 4 nitrogen and oxygen atoms in total. The van der Waals surface area contributed by atoms with Gasteiger partial charge in [-0.1, -0.05) is 127 Å². The molecule has 0 radical (unpaired) electrons. The molecule has 0 saturated carbocycles. The average Bonchev–Trinajstić information content (AvgIpc) is 3.50. The minimum atomic E-state index is 0.340. The molecular weight excluding hydrogens is 550 g/mol. The van der Waals surface area contributed by atoms with Crippen LogP contribution in [0, 0.1) is 0 Å². The highest BCUT2D eigenvalue weighted by Crippen LogP contribution is 2.37. The van der Waals surface area contributed by atoms with E-state index in [0.717, 1.165) is 45.0 Å². The molecule has 0 amide bonds. The number of furan rings is 1. The van der Waals surface area contributed by atoms with E-state index in [2.05, 4.69) is 84.9 Å². The van der Waals surface area contributed by atoms with E-state index >= 15 is 0 Å². The summed E-state index contributed by atoms with van der Waals surface area (Å²) in [6.07, 6.45) is 5.74. The fraction of sp³-hybridized carbons (Fsp3) is 0.0488. The van der Waals surface area contributed by atoms with Crippen molar-refractivity contribution in [2.45, 2.75) is 12.3 Å². The first kappa shape index (κ1) is 25.6. The van der Waals surface area contributed by atoms with Gasteiger partial charge >= 0.3 is 0 Å². The maximum atomic E-state index is 6.20. The molecule has 8 aromatic rings. The van der Waals surface area contributed by atoms with Gasteiger partial charge in [0.25, 0.3) is 0 Å². The van der Waals surface area contributed by atoms with Gasteiger partial charge in [0.15, 0.2) is 17.5 Å². The summed E-state index contributed by atoms with van der Waals surface area (Å²) in [6, 6.07) is 46.2. The second-order valence-electron chi connectivity index (χ2n) is 11.6. The first-order chi connectivity index (χ1) is 22.3. The lowest BCUT2D eigenvalue weighted by molar-refractivity contribution is 0.669. The number of para-hydroxylation sites is 1. The van der Waals surface area contributed by atoms with Crippen molar-refractivity contribution in [2.24, 2.45) is 0 Å². The van der Waals surface area contributed by atoms with E-state index in [0.29, 0.717) is 23.4 Å². The molecule has 0 bridgehead atoms. The zero-order valence-electron chi connectivity index (χ0n) is 24.4. The lowest BCUT2D eigenvalue weighted by Crippen LogP contribution is -2.27. The molecule has 1 atom stereocenters. The van der Waals surface area contributed by atoms with Crippen LogP contribution in [0.2, 0.25) is 0 Å². The zero-order chi connectivity index (χ0) is 29.7. The molecule has 45 heavy (non-hydrogen) atoms. The SMILES string of the molecule is C1=c2ccccc2=CC(c2ccc3ccc(-c4nc(-c5ccccc5)nc(-c5cccc6oc7ccccc7c56)n4)cc3c2)C1. The van der Waals surface area contributed by atoms with Gasteiger partial charge in [0.2, 0.25) is 0 Å². The van der Waals surface area contributed by atoms with Crippen LogP contribution in [0.15, 0.2) is 138 Å². The van der Waals surface area contributed by atoms with Gasteiger partial charge in [-0.05, 0) is 51.4 Å². The fourth-order valence-corrected chi connectivity index (χ4v) is 6.56. The van der Waals surface area contributed by atoms with E-state index in [4.69, 9.17) is 19.4 Å². The van der Waals surface area contributed by atoms with Crippen LogP contribution in [-0.4, -0.2) is 15.0 Å². The Hall–Kier alpha value is -5.87. The Labute approximate surface area is 259 Å². The average molecular weight is 578 g/mol. The molecule has 212 valence electrons. The van der Waals surface area contributed by atoms with Crippen LogP contribution in [0.25, 0.3) is 79.0 Å². The van der Waals surface area contributed by atoms with Crippen LogP contribution in [-0.2, 0) is 0 Å². The lowest BCUT2D eigenvalue weighted by atomic mass is 9.89. The summed E-state index contributed by atoms with van der Waals surface area (Å²) in [6.45, 7) is 0. The normalized spacial score (nSPS) is 14.3. The quantitative estimate of drug-likeness (QED) is 0.210. The van der Waals surface area contributed by atoms with Gasteiger partial charge in [-0.2, -0.15) is 0 Å². The standard InChI is InChI=1S/C41H27N3O/c1-2-10-28(11-3-1)39-42-40(44-41(43-39)35-14-8-16-37-38(35)34-13-6-7-15-36(34)45-37)32-22-19-27-18-21-31(24-33(27)25-32)30-20-17-26-9-4-5-12-29(26)23-30/h1-19,21-25,30H,20H2. The van der Waals surface area contributed by atoms with Crippen molar-refractivity contribution in [3.8, 4) is 34.2 Å². The van der Waals surface area contributed by atoms with Crippen molar-refractivity contribution in [1.82, 2.24) is 15.0 Å². The van der Waals surface area contributed by atoms with Gasteiger partial charge in [0.05, 0.1) is 0 Å². The van der Waals surface area contributed by atoms with Crippen molar-refractivity contribution in [3.63, 3.8) is 0 Å². The molecule has 0 aliphatic heterocycles. The number of hydrogen-bond acceptors (Lipinski definition) is 4. The van der Waals surface area contributed by atoms with Gasteiger partial charge in [0.1, 0.15) is 11.2 Å². The van der Waals surface area contributed by atoms with Crippen LogP contribution in [0.1, 0.15) is 17.9 Å². The number of hydrogen-bond donors (Lipinski definition) is 0. The number of nitrogens with zero attached hydrogens (tertiary/aromatic N) is 3. The second kappa shape index (κ2) is 10.4. The van der Waals surface area contributed by atoms with Gasteiger partial charge in [-0.3, -0.25) is 0 Å². The van der Waals surface area contributed by atoms with E-state index in [1.807, 2.05) is 60.7 Å². The third kappa shape index (κ3) is 4.50. The highest BCUT2D eigenvalue weighted by molar-refractivity contribution is 6.11. The first-order valence-electron chi connectivity index (χ1n) is 15.3. The van der Waals surface area contributed by atoms with E-state index in [1.54, 1.807) is 0 Å². The van der Waals surface area contributed by atoms with E-state index in [1.165, 1.54) is 26.8 Å². The highest BCUT2D eigenvalue weighted by Gasteiger charge is 2.18. The van der Waals surface area contributed by atoms with Gasteiger partial charge in [-0.25, -0.2) is 15.0 Å². The van der Waals surface area contributed by atoms with Gasteiger partial charge < -0.3 is 4.42 Å². The summed E-state index contributed by atoms with van der Waals surface area (Å²) in [7, 11) is 0. The Morgan fingerprint density at radius 2 is 1.27 bits per heavy atom. The Kier molecular flexibility index (Phi) is 5.91. The van der Waals surface area contributed by atoms with Crippen molar-refractivity contribution in [3.05, 3.63) is 149 Å². The Morgan fingerprint density at radius 1 is 0.533 bits per heavy atom. The Morgan fingerprint density at radius 3 is 2.18 bits per heavy atom. The maximum Gasteiger partial charge on any atom is 0.164 e. The second-order valence-corrected chi connectivity index (χ2v) is 11.6. The third-order valence-electron chi connectivity index (χ3n) is 8.83. The highest BCUT2D eigenvalue weighted by atomic mass is 16.3. The van der Waals surface area contributed by atoms with Crippen LogP contribution in [0.4, 0.5) is 0 Å². The molecule has 6 aromatic carbocycles. The largest absolute Gasteiger partial charge is 0.456 e. The molecule has 2 aromatic heterocycles. The van der Waals surface area contributed by atoms with Crippen LogP contribution >= 0.6 is 0 Å². The number of rotatable bonds is 4. The smallest absolute Gasteiger partial charge is 0.164 e. The summed E-state index contributed by atoms with van der Waals surface area (Å²) in [5.41, 5.74) is 5.79. The summed E-state index contributed by atoms with van der Waals surface area (Å²) in [4.78, 5) is 15.1. The van der Waals surface area contributed by atoms with Crippen LogP contribution < -0.4 is 10.4 Å². The van der Waals surface area contributed by atoms with Gasteiger partial charge in [-0.15, -0.1) is 0 Å². The Bertz CT molecular complexity index is 2530.